The van der Waals surface area contributed by atoms with E-state index in [-0.39, 0.29) is 5.60 Å². The first kappa shape index (κ1) is 13.8. The van der Waals surface area contributed by atoms with Crippen LogP contribution >= 0.6 is 0 Å². The van der Waals surface area contributed by atoms with Crippen LogP contribution in [-0.4, -0.2) is 24.3 Å². The second-order valence-electron chi connectivity index (χ2n) is 7.31. The summed E-state index contributed by atoms with van der Waals surface area (Å²) in [6, 6.07) is 11.6. The van der Waals surface area contributed by atoms with Gasteiger partial charge in [0.05, 0.1) is 11.7 Å². The van der Waals surface area contributed by atoms with Crippen molar-refractivity contribution in [2.75, 3.05) is 6.54 Å². The van der Waals surface area contributed by atoms with Crippen LogP contribution in [0.15, 0.2) is 30.3 Å². The minimum atomic E-state index is 0.180. The maximum atomic E-state index is 6.64. The van der Waals surface area contributed by atoms with Gasteiger partial charge in [0.2, 0.25) is 0 Å². The number of morpholine rings is 1. The van der Waals surface area contributed by atoms with Gasteiger partial charge in [0, 0.05) is 12.6 Å². The van der Waals surface area contributed by atoms with Crippen molar-refractivity contribution < 1.29 is 4.74 Å². The number of hydrogen-bond acceptors (Lipinski definition) is 2. The maximum Gasteiger partial charge on any atom is 0.0810 e. The molecule has 0 radical (unpaired) electrons. The second-order valence-corrected chi connectivity index (χ2v) is 7.31. The molecule has 2 saturated carbocycles. The number of fused-ring (bicyclic) bond motifs is 1. The Morgan fingerprint density at radius 1 is 1.00 bits per heavy atom. The zero-order valence-electron chi connectivity index (χ0n) is 12.9. The van der Waals surface area contributed by atoms with Gasteiger partial charge in [-0.15, -0.1) is 0 Å². The van der Waals surface area contributed by atoms with Crippen molar-refractivity contribution in [3.8, 4) is 0 Å². The van der Waals surface area contributed by atoms with E-state index in [0.717, 1.165) is 6.54 Å². The van der Waals surface area contributed by atoms with Crippen molar-refractivity contribution in [2.24, 2.45) is 0 Å². The summed E-state index contributed by atoms with van der Waals surface area (Å²) in [5.74, 6) is 0.712. The molecule has 2 nitrogen and oxygen atoms in total. The molecule has 3 unspecified atom stereocenters. The van der Waals surface area contributed by atoms with E-state index in [2.05, 4.69) is 35.6 Å². The minimum absolute atomic E-state index is 0.180. The second kappa shape index (κ2) is 5.73. The van der Waals surface area contributed by atoms with Gasteiger partial charge < -0.3 is 10.1 Å². The number of hydrogen-bond donors (Lipinski definition) is 1. The molecule has 1 aromatic rings. The van der Waals surface area contributed by atoms with Gasteiger partial charge >= 0.3 is 0 Å². The molecular weight excluding hydrogens is 258 g/mol. The Morgan fingerprint density at radius 3 is 2.62 bits per heavy atom. The number of nitrogens with one attached hydrogen (secondary N) is 1. The highest BCUT2D eigenvalue weighted by Gasteiger charge is 2.44. The molecule has 1 saturated heterocycles. The quantitative estimate of drug-likeness (QED) is 0.841. The van der Waals surface area contributed by atoms with E-state index < -0.39 is 0 Å². The summed E-state index contributed by atoms with van der Waals surface area (Å²) in [7, 11) is 0. The Hall–Kier alpha value is -0.860. The average molecular weight is 285 g/mol. The summed E-state index contributed by atoms with van der Waals surface area (Å²) in [6.07, 6.45) is 10.8. The molecule has 21 heavy (non-hydrogen) atoms. The van der Waals surface area contributed by atoms with E-state index in [1.54, 1.807) is 0 Å². The van der Waals surface area contributed by atoms with E-state index in [1.165, 1.54) is 56.9 Å². The summed E-state index contributed by atoms with van der Waals surface area (Å²) >= 11 is 0. The van der Waals surface area contributed by atoms with Crippen LogP contribution in [0, 0.1) is 0 Å². The normalized spacial score (nSPS) is 35.3. The van der Waals surface area contributed by atoms with E-state index in [1.807, 2.05) is 0 Å². The standard InChI is InChI=1S/C19H27NO/c1-3-7-15(8-4-1)16-9-10-18-17(13-16)20-14-19(21-18)11-5-2-6-12-19/h1,3-4,7-8,16-18,20H,2,5-6,9-14H2. The molecule has 3 fully saturated rings. The Balaban J connectivity index is 1.42. The third kappa shape index (κ3) is 2.76. The molecule has 1 aliphatic heterocycles. The lowest BCUT2D eigenvalue weighted by Gasteiger charge is -2.50. The Kier molecular flexibility index (Phi) is 3.76. The molecule has 1 N–H and O–H groups in total. The first-order chi connectivity index (χ1) is 10.3. The zero-order valence-corrected chi connectivity index (χ0v) is 12.9. The smallest absolute Gasteiger partial charge is 0.0810 e. The summed E-state index contributed by atoms with van der Waals surface area (Å²) in [6.45, 7) is 1.08. The summed E-state index contributed by atoms with van der Waals surface area (Å²) < 4.78 is 6.64. The largest absolute Gasteiger partial charge is 0.369 e. The van der Waals surface area contributed by atoms with Gasteiger partial charge in [-0.2, -0.15) is 0 Å². The molecule has 0 bridgehead atoms. The van der Waals surface area contributed by atoms with Crippen LogP contribution < -0.4 is 5.32 Å². The summed E-state index contributed by atoms with van der Waals surface area (Å²) in [4.78, 5) is 0. The molecule has 114 valence electrons. The fourth-order valence-corrected chi connectivity index (χ4v) is 4.70. The molecule has 3 aliphatic rings. The molecule has 2 aliphatic carbocycles. The highest BCUT2D eigenvalue weighted by atomic mass is 16.5. The third-order valence-electron chi connectivity index (χ3n) is 5.91. The van der Waals surface area contributed by atoms with Gasteiger partial charge in [-0.25, -0.2) is 0 Å². The first-order valence-corrected chi connectivity index (χ1v) is 8.81. The van der Waals surface area contributed by atoms with Gasteiger partial charge in [-0.05, 0) is 43.6 Å². The van der Waals surface area contributed by atoms with Crippen molar-refractivity contribution in [3.63, 3.8) is 0 Å². The minimum Gasteiger partial charge on any atom is -0.369 e. The Bertz CT molecular complexity index is 466. The fraction of sp³-hybridized carbons (Fsp3) is 0.684. The molecular formula is C19H27NO. The number of rotatable bonds is 1. The van der Waals surface area contributed by atoms with Gasteiger partial charge in [-0.3, -0.25) is 0 Å². The Morgan fingerprint density at radius 2 is 1.81 bits per heavy atom. The average Bonchev–Trinajstić information content (AvgIpc) is 2.56. The van der Waals surface area contributed by atoms with Gasteiger partial charge in [0.1, 0.15) is 0 Å². The lowest BCUT2D eigenvalue weighted by Crippen LogP contribution is -2.61. The topological polar surface area (TPSA) is 21.3 Å². The van der Waals surface area contributed by atoms with Crippen LogP contribution in [0.4, 0.5) is 0 Å². The molecule has 0 aromatic heterocycles. The van der Waals surface area contributed by atoms with Crippen LogP contribution in [0.25, 0.3) is 0 Å². The molecule has 1 spiro atoms. The predicted octanol–water partition coefficient (Wildman–Crippen LogP) is 4.01. The van der Waals surface area contributed by atoms with Crippen LogP contribution in [0.5, 0.6) is 0 Å². The highest BCUT2D eigenvalue weighted by molar-refractivity contribution is 5.21. The monoisotopic (exact) mass is 285 g/mol. The first-order valence-electron chi connectivity index (χ1n) is 8.81. The Labute approximate surface area is 128 Å². The van der Waals surface area contributed by atoms with Crippen molar-refractivity contribution in [1.29, 1.82) is 0 Å². The predicted molar refractivity (Wildman–Crippen MR) is 85.5 cm³/mol. The SMILES string of the molecule is c1ccc(C2CCC3OC4(CCCCC4)CNC3C2)cc1. The van der Waals surface area contributed by atoms with E-state index >= 15 is 0 Å². The van der Waals surface area contributed by atoms with Crippen LogP contribution in [-0.2, 0) is 4.74 Å². The number of ether oxygens (including phenoxy) is 1. The molecule has 0 amide bonds. The molecule has 1 heterocycles. The summed E-state index contributed by atoms with van der Waals surface area (Å²) in [5, 5.41) is 3.86. The zero-order chi connectivity index (χ0) is 14.1. The van der Waals surface area contributed by atoms with Crippen molar-refractivity contribution in [1.82, 2.24) is 5.32 Å². The molecule has 2 heteroatoms. The maximum absolute atomic E-state index is 6.64. The van der Waals surface area contributed by atoms with Gasteiger partial charge in [0.25, 0.3) is 0 Å². The van der Waals surface area contributed by atoms with Gasteiger partial charge in [0.15, 0.2) is 0 Å². The van der Waals surface area contributed by atoms with E-state index in [0.29, 0.717) is 18.1 Å². The summed E-state index contributed by atoms with van der Waals surface area (Å²) in [5.41, 5.74) is 1.69. The van der Waals surface area contributed by atoms with Crippen molar-refractivity contribution in [3.05, 3.63) is 35.9 Å². The van der Waals surface area contributed by atoms with Crippen molar-refractivity contribution in [2.45, 2.75) is 75.0 Å². The highest BCUT2D eigenvalue weighted by Crippen LogP contribution is 2.41. The van der Waals surface area contributed by atoms with Crippen molar-refractivity contribution >= 4 is 0 Å². The van der Waals surface area contributed by atoms with E-state index in [9.17, 15) is 0 Å². The van der Waals surface area contributed by atoms with E-state index in [4.69, 9.17) is 4.74 Å². The molecule has 4 rings (SSSR count). The molecule has 3 atom stereocenters. The number of benzene rings is 1. The van der Waals surface area contributed by atoms with Crippen LogP contribution in [0.2, 0.25) is 0 Å². The fourth-order valence-electron chi connectivity index (χ4n) is 4.70. The lowest BCUT2D eigenvalue weighted by atomic mass is 9.76. The third-order valence-corrected chi connectivity index (χ3v) is 5.91. The lowest BCUT2D eigenvalue weighted by molar-refractivity contribution is -0.161. The van der Waals surface area contributed by atoms with Crippen LogP contribution in [0.3, 0.4) is 0 Å². The molecule has 1 aromatic carbocycles. The van der Waals surface area contributed by atoms with Crippen LogP contribution in [0.1, 0.15) is 62.8 Å². The van der Waals surface area contributed by atoms with Gasteiger partial charge in [-0.1, -0.05) is 49.6 Å².